The number of hydrogen-bond acceptors (Lipinski definition) is 3. The van der Waals surface area contributed by atoms with Gasteiger partial charge in [0, 0.05) is 13.5 Å². The van der Waals surface area contributed by atoms with E-state index in [9.17, 15) is 9.59 Å². The zero-order chi connectivity index (χ0) is 11.8. The number of nitrogens with one attached hydrogen (secondary N) is 1. The highest BCUT2D eigenvalue weighted by Crippen LogP contribution is 2.05. The molecule has 0 aromatic rings. The standard InChI is InChI=1S/C10H19BN2O2/c1-8(14)12-7-5-4-6-9(10(11)15)13(2)3/h9H,4-7H2,1-3H3,(H,12,14). The monoisotopic (exact) mass is 210 g/mol. The van der Waals surface area contributed by atoms with Crippen molar-refractivity contribution >= 4 is 19.4 Å². The van der Waals surface area contributed by atoms with Gasteiger partial charge in [-0.05, 0) is 33.4 Å². The summed E-state index contributed by atoms with van der Waals surface area (Å²) in [4.78, 5) is 23.4. The minimum absolute atomic E-state index is 0.0194. The van der Waals surface area contributed by atoms with E-state index in [0.29, 0.717) is 6.54 Å². The predicted octanol–water partition coefficient (Wildman–Crippen LogP) is -0.0819. The largest absolute Gasteiger partial charge is 0.356 e. The van der Waals surface area contributed by atoms with Crippen molar-refractivity contribution in [3.8, 4) is 0 Å². The van der Waals surface area contributed by atoms with Crippen LogP contribution in [0.3, 0.4) is 0 Å². The first kappa shape index (κ1) is 14.2. The normalized spacial score (nSPS) is 12.5. The number of nitrogens with zero attached hydrogens (tertiary/aromatic N) is 1. The molecular formula is C10H19BN2O2. The number of rotatable bonds is 7. The molecule has 0 saturated heterocycles. The van der Waals surface area contributed by atoms with Gasteiger partial charge < -0.3 is 15.0 Å². The second-order valence-corrected chi connectivity index (χ2v) is 3.86. The molecular weight excluding hydrogens is 191 g/mol. The Hall–Kier alpha value is -0.835. The average Bonchev–Trinajstić information content (AvgIpc) is 2.08. The van der Waals surface area contributed by atoms with Crippen LogP contribution in [-0.2, 0) is 9.59 Å². The molecule has 0 saturated carbocycles. The summed E-state index contributed by atoms with van der Waals surface area (Å²) in [6.07, 6.45) is 2.49. The maximum absolute atomic E-state index is 11.0. The summed E-state index contributed by atoms with van der Waals surface area (Å²) < 4.78 is 0. The highest BCUT2D eigenvalue weighted by molar-refractivity contribution is 6.59. The molecule has 0 aliphatic heterocycles. The topological polar surface area (TPSA) is 49.4 Å². The van der Waals surface area contributed by atoms with E-state index in [-0.39, 0.29) is 17.6 Å². The van der Waals surface area contributed by atoms with E-state index in [1.54, 1.807) is 0 Å². The van der Waals surface area contributed by atoms with Gasteiger partial charge in [-0.2, -0.15) is 0 Å². The molecule has 1 atom stereocenters. The van der Waals surface area contributed by atoms with Gasteiger partial charge in [-0.25, -0.2) is 0 Å². The summed E-state index contributed by atoms with van der Waals surface area (Å²) >= 11 is 0. The summed E-state index contributed by atoms with van der Waals surface area (Å²) in [6.45, 7) is 2.15. The fraction of sp³-hybridized carbons (Fsp3) is 0.800. The number of likely N-dealkylation sites (N-methyl/N-ethyl adjacent to an activating group) is 1. The van der Waals surface area contributed by atoms with Gasteiger partial charge in [0.25, 0.3) is 0 Å². The fourth-order valence-electron chi connectivity index (χ4n) is 1.38. The van der Waals surface area contributed by atoms with Crippen molar-refractivity contribution in [3.63, 3.8) is 0 Å². The highest BCUT2D eigenvalue weighted by atomic mass is 16.1. The number of carbonyl (C=O) groups excluding carboxylic acids is 2. The molecule has 0 heterocycles. The Balaban J connectivity index is 3.63. The van der Waals surface area contributed by atoms with Crippen LogP contribution in [0.25, 0.3) is 0 Å². The lowest BCUT2D eigenvalue weighted by atomic mass is 9.91. The van der Waals surface area contributed by atoms with Crippen molar-refractivity contribution in [1.29, 1.82) is 0 Å². The van der Waals surface area contributed by atoms with E-state index in [1.807, 2.05) is 19.0 Å². The molecule has 0 aliphatic rings. The maximum atomic E-state index is 11.0. The van der Waals surface area contributed by atoms with Crippen LogP contribution in [0.2, 0.25) is 0 Å². The van der Waals surface area contributed by atoms with Crippen molar-refractivity contribution in [3.05, 3.63) is 0 Å². The highest BCUT2D eigenvalue weighted by Gasteiger charge is 2.14. The molecule has 15 heavy (non-hydrogen) atoms. The number of carbonyl (C=O) groups is 2. The van der Waals surface area contributed by atoms with Gasteiger partial charge in [-0.3, -0.25) is 4.79 Å². The van der Waals surface area contributed by atoms with Crippen LogP contribution in [0.4, 0.5) is 0 Å². The Bertz CT molecular complexity index is 219. The lowest BCUT2D eigenvalue weighted by Crippen LogP contribution is -2.36. The van der Waals surface area contributed by atoms with Gasteiger partial charge in [0.15, 0.2) is 7.85 Å². The smallest absolute Gasteiger partial charge is 0.216 e. The molecule has 0 aliphatic carbocycles. The lowest BCUT2D eigenvalue weighted by molar-refractivity contribution is -0.119. The van der Waals surface area contributed by atoms with Crippen LogP contribution in [0.1, 0.15) is 26.2 Å². The Kier molecular flexibility index (Phi) is 7.04. The summed E-state index contributed by atoms with van der Waals surface area (Å²) in [5.74, 6) is -0.0194. The van der Waals surface area contributed by atoms with Crippen molar-refractivity contribution in [1.82, 2.24) is 10.2 Å². The van der Waals surface area contributed by atoms with E-state index in [4.69, 9.17) is 7.85 Å². The molecule has 5 heteroatoms. The zero-order valence-electron chi connectivity index (χ0n) is 9.75. The Labute approximate surface area is 92.8 Å². The molecule has 1 N–H and O–H groups in total. The minimum Gasteiger partial charge on any atom is -0.356 e. The SMILES string of the molecule is [B]C(=O)C(CCCCNC(C)=O)N(C)C. The van der Waals surface area contributed by atoms with E-state index < -0.39 is 0 Å². The molecule has 2 radical (unpaired) electrons. The third-order valence-electron chi connectivity index (χ3n) is 2.23. The van der Waals surface area contributed by atoms with Crippen LogP contribution in [0, 0.1) is 0 Å². The fourth-order valence-corrected chi connectivity index (χ4v) is 1.38. The third kappa shape index (κ3) is 7.14. The molecule has 4 nitrogen and oxygen atoms in total. The number of unbranched alkanes of at least 4 members (excludes halogenated alkanes) is 1. The van der Waals surface area contributed by atoms with E-state index in [1.165, 1.54) is 6.92 Å². The van der Waals surface area contributed by atoms with E-state index in [2.05, 4.69) is 5.32 Å². The minimum atomic E-state index is -0.292. The zero-order valence-corrected chi connectivity index (χ0v) is 9.75. The average molecular weight is 210 g/mol. The first-order valence-electron chi connectivity index (χ1n) is 5.15. The molecule has 1 amide bonds. The molecule has 1 unspecified atom stereocenters. The van der Waals surface area contributed by atoms with Crippen LogP contribution in [0.15, 0.2) is 0 Å². The van der Waals surface area contributed by atoms with Gasteiger partial charge >= 0.3 is 0 Å². The maximum Gasteiger partial charge on any atom is 0.216 e. The lowest BCUT2D eigenvalue weighted by Gasteiger charge is -2.21. The van der Waals surface area contributed by atoms with Gasteiger partial charge in [0.2, 0.25) is 5.91 Å². The summed E-state index contributed by atoms with van der Waals surface area (Å²) in [5, 5.41) is 2.71. The Morgan fingerprint density at radius 1 is 1.33 bits per heavy atom. The van der Waals surface area contributed by atoms with Crippen LogP contribution < -0.4 is 5.32 Å². The van der Waals surface area contributed by atoms with Crippen LogP contribution in [-0.4, -0.2) is 51.0 Å². The molecule has 0 rings (SSSR count). The van der Waals surface area contributed by atoms with Gasteiger partial charge in [-0.1, -0.05) is 0 Å². The first-order valence-corrected chi connectivity index (χ1v) is 5.15. The van der Waals surface area contributed by atoms with Crippen molar-refractivity contribution in [2.45, 2.75) is 32.2 Å². The van der Waals surface area contributed by atoms with Gasteiger partial charge in [0.1, 0.15) is 0 Å². The van der Waals surface area contributed by atoms with Crippen molar-refractivity contribution in [2.75, 3.05) is 20.6 Å². The molecule has 84 valence electrons. The second kappa shape index (κ2) is 7.46. The second-order valence-electron chi connectivity index (χ2n) is 3.86. The Morgan fingerprint density at radius 2 is 1.93 bits per heavy atom. The van der Waals surface area contributed by atoms with Crippen molar-refractivity contribution in [2.24, 2.45) is 0 Å². The molecule has 0 aromatic carbocycles. The van der Waals surface area contributed by atoms with Crippen LogP contribution >= 0.6 is 0 Å². The first-order chi connectivity index (χ1) is 6.95. The molecule has 0 aromatic heterocycles. The molecule has 0 fully saturated rings. The van der Waals surface area contributed by atoms with E-state index >= 15 is 0 Å². The molecule has 0 spiro atoms. The summed E-state index contributed by atoms with van der Waals surface area (Å²) in [6, 6.07) is -0.206. The predicted molar refractivity (Wildman–Crippen MR) is 60.8 cm³/mol. The summed E-state index contributed by atoms with van der Waals surface area (Å²) in [7, 11) is 8.92. The van der Waals surface area contributed by atoms with Gasteiger partial charge in [-0.15, -0.1) is 0 Å². The van der Waals surface area contributed by atoms with E-state index in [0.717, 1.165) is 19.3 Å². The van der Waals surface area contributed by atoms with Crippen LogP contribution in [0.5, 0.6) is 0 Å². The Morgan fingerprint density at radius 3 is 2.33 bits per heavy atom. The van der Waals surface area contributed by atoms with Crippen molar-refractivity contribution < 1.29 is 9.59 Å². The molecule has 0 bridgehead atoms. The summed E-state index contributed by atoms with van der Waals surface area (Å²) in [5.41, 5.74) is -0.292. The third-order valence-corrected chi connectivity index (χ3v) is 2.23. The quantitative estimate of drug-likeness (QED) is 0.472. The number of amides is 1. The van der Waals surface area contributed by atoms with Gasteiger partial charge in [0.05, 0.1) is 11.7 Å². The number of hydrogen-bond donors (Lipinski definition) is 1.